The van der Waals surface area contributed by atoms with Gasteiger partial charge in [-0.3, -0.25) is 0 Å². The molecule has 4 heteroatoms. The van der Waals surface area contributed by atoms with E-state index in [0.29, 0.717) is 6.42 Å². The number of nitrogens with one attached hydrogen (secondary N) is 2. The van der Waals surface area contributed by atoms with Gasteiger partial charge in [-0.25, -0.2) is 4.79 Å². The lowest BCUT2D eigenvalue weighted by molar-refractivity contribution is 0.114. The number of aliphatic hydroxyl groups excluding tert-OH is 1. The van der Waals surface area contributed by atoms with Crippen molar-refractivity contribution in [1.82, 2.24) is 5.32 Å². The zero-order valence-corrected chi connectivity index (χ0v) is 11.6. The number of aryl methyl sites for hydroxylation is 2. The highest BCUT2D eigenvalue weighted by atomic mass is 16.3. The fraction of sp³-hybridized carbons (Fsp3) is 0.533. The molecule has 0 saturated heterocycles. The number of hydrogen-bond acceptors (Lipinski definition) is 2. The van der Waals surface area contributed by atoms with Crippen molar-refractivity contribution in [2.24, 2.45) is 0 Å². The molecule has 2 atom stereocenters. The number of aliphatic hydroxyl groups is 1. The monoisotopic (exact) mass is 262 g/mol. The average molecular weight is 262 g/mol. The summed E-state index contributed by atoms with van der Waals surface area (Å²) in [5.41, 5.74) is 3.17. The Hall–Kier alpha value is -1.55. The maximum absolute atomic E-state index is 11.9. The van der Waals surface area contributed by atoms with E-state index in [2.05, 4.69) is 10.6 Å². The summed E-state index contributed by atoms with van der Waals surface area (Å²) in [7, 11) is 0. The van der Waals surface area contributed by atoms with E-state index in [-0.39, 0.29) is 18.2 Å². The molecule has 0 radical (unpaired) electrons. The zero-order valence-electron chi connectivity index (χ0n) is 11.6. The highest BCUT2D eigenvalue weighted by Gasteiger charge is 2.21. The molecule has 2 amide bonds. The van der Waals surface area contributed by atoms with Gasteiger partial charge in [0.25, 0.3) is 0 Å². The molecule has 0 spiro atoms. The maximum atomic E-state index is 11.9. The molecule has 1 saturated carbocycles. The maximum Gasteiger partial charge on any atom is 0.319 e. The van der Waals surface area contributed by atoms with Crippen molar-refractivity contribution >= 4 is 11.7 Å². The van der Waals surface area contributed by atoms with Gasteiger partial charge in [-0.15, -0.1) is 0 Å². The second-order valence-corrected chi connectivity index (χ2v) is 5.41. The van der Waals surface area contributed by atoms with Crippen molar-refractivity contribution < 1.29 is 9.90 Å². The third-order valence-corrected chi connectivity index (χ3v) is 3.75. The average Bonchev–Trinajstić information content (AvgIpc) is 2.34. The Bertz CT molecular complexity index is 459. The van der Waals surface area contributed by atoms with Crippen LogP contribution >= 0.6 is 0 Å². The Morgan fingerprint density at radius 2 is 2.05 bits per heavy atom. The van der Waals surface area contributed by atoms with Crippen LogP contribution in [0.4, 0.5) is 10.5 Å². The molecule has 0 aliphatic heterocycles. The number of rotatable bonds is 2. The first-order valence-corrected chi connectivity index (χ1v) is 6.87. The number of anilines is 1. The number of carbonyl (C=O) groups excluding carboxylic acids is 1. The van der Waals surface area contributed by atoms with Crippen molar-refractivity contribution in [1.29, 1.82) is 0 Å². The predicted octanol–water partition coefficient (Wildman–Crippen LogP) is 2.73. The molecular formula is C15H22N2O2. The molecule has 3 N–H and O–H groups in total. The molecule has 1 aliphatic carbocycles. The van der Waals surface area contributed by atoms with Crippen LogP contribution in [0.25, 0.3) is 0 Å². The SMILES string of the molecule is Cc1ccc(NC(=O)N[C@H]2CCC[C@@H](O)C2)cc1C. The van der Waals surface area contributed by atoms with E-state index >= 15 is 0 Å². The van der Waals surface area contributed by atoms with Crippen LogP contribution < -0.4 is 10.6 Å². The van der Waals surface area contributed by atoms with Gasteiger partial charge in [0, 0.05) is 11.7 Å². The van der Waals surface area contributed by atoms with Gasteiger partial charge in [0.05, 0.1) is 6.10 Å². The summed E-state index contributed by atoms with van der Waals surface area (Å²) in [6.45, 7) is 4.07. The van der Waals surface area contributed by atoms with Gasteiger partial charge in [-0.05, 0) is 62.8 Å². The molecule has 1 aromatic rings. The third-order valence-electron chi connectivity index (χ3n) is 3.75. The summed E-state index contributed by atoms with van der Waals surface area (Å²) in [6.07, 6.45) is 3.13. The molecule has 1 aromatic carbocycles. The van der Waals surface area contributed by atoms with Crippen LogP contribution in [0, 0.1) is 13.8 Å². The Balaban J connectivity index is 1.88. The van der Waals surface area contributed by atoms with E-state index in [1.54, 1.807) is 0 Å². The summed E-state index contributed by atoms with van der Waals surface area (Å²) in [4.78, 5) is 11.9. The van der Waals surface area contributed by atoms with Crippen LogP contribution in [0.15, 0.2) is 18.2 Å². The van der Waals surface area contributed by atoms with Gasteiger partial charge in [0.1, 0.15) is 0 Å². The number of benzene rings is 1. The summed E-state index contributed by atoms with van der Waals surface area (Å²) < 4.78 is 0. The van der Waals surface area contributed by atoms with E-state index < -0.39 is 0 Å². The van der Waals surface area contributed by atoms with Crippen LogP contribution in [0.1, 0.15) is 36.8 Å². The molecule has 0 aromatic heterocycles. The topological polar surface area (TPSA) is 61.4 Å². The molecule has 0 bridgehead atoms. The van der Waals surface area contributed by atoms with Gasteiger partial charge < -0.3 is 15.7 Å². The minimum Gasteiger partial charge on any atom is -0.393 e. The molecule has 1 fully saturated rings. The fourth-order valence-corrected chi connectivity index (χ4v) is 2.47. The van der Waals surface area contributed by atoms with Crippen LogP contribution in [-0.4, -0.2) is 23.3 Å². The molecule has 0 unspecified atom stereocenters. The van der Waals surface area contributed by atoms with Crippen molar-refractivity contribution in [2.45, 2.75) is 51.7 Å². The van der Waals surface area contributed by atoms with Gasteiger partial charge >= 0.3 is 6.03 Å². The highest BCUT2D eigenvalue weighted by molar-refractivity contribution is 5.89. The molecular weight excluding hydrogens is 240 g/mol. The molecule has 1 aliphatic rings. The van der Waals surface area contributed by atoms with Crippen molar-refractivity contribution in [3.63, 3.8) is 0 Å². The third kappa shape index (κ3) is 3.96. The molecule has 4 nitrogen and oxygen atoms in total. The molecule has 104 valence electrons. The number of urea groups is 1. The van der Waals surface area contributed by atoms with Crippen molar-refractivity contribution in [3.8, 4) is 0 Å². The smallest absolute Gasteiger partial charge is 0.319 e. The van der Waals surface area contributed by atoms with Crippen LogP contribution in [0.2, 0.25) is 0 Å². The van der Waals surface area contributed by atoms with Crippen molar-refractivity contribution in [2.75, 3.05) is 5.32 Å². The first kappa shape index (κ1) is 13.9. The number of hydrogen-bond donors (Lipinski definition) is 3. The lowest BCUT2D eigenvalue weighted by Crippen LogP contribution is -2.41. The Kier molecular flexibility index (Phi) is 4.43. The van der Waals surface area contributed by atoms with E-state index in [9.17, 15) is 9.90 Å². The fourth-order valence-electron chi connectivity index (χ4n) is 2.47. The van der Waals surface area contributed by atoms with Crippen molar-refractivity contribution in [3.05, 3.63) is 29.3 Å². The lowest BCUT2D eigenvalue weighted by atomic mass is 9.93. The van der Waals surface area contributed by atoms with Crippen LogP contribution in [0.3, 0.4) is 0 Å². The van der Waals surface area contributed by atoms with E-state index in [1.807, 2.05) is 32.0 Å². The molecule has 2 rings (SSSR count). The van der Waals surface area contributed by atoms with Gasteiger partial charge in [-0.2, -0.15) is 0 Å². The van der Waals surface area contributed by atoms with Crippen LogP contribution in [0.5, 0.6) is 0 Å². The Morgan fingerprint density at radius 1 is 1.26 bits per heavy atom. The largest absolute Gasteiger partial charge is 0.393 e. The first-order chi connectivity index (χ1) is 9.04. The Labute approximate surface area is 114 Å². The number of amides is 2. The summed E-state index contributed by atoms with van der Waals surface area (Å²) in [6, 6.07) is 5.75. The molecule has 0 heterocycles. The minimum absolute atomic E-state index is 0.0790. The minimum atomic E-state index is -0.277. The van der Waals surface area contributed by atoms with Gasteiger partial charge in [-0.1, -0.05) is 6.07 Å². The second-order valence-electron chi connectivity index (χ2n) is 5.41. The zero-order chi connectivity index (χ0) is 13.8. The summed E-state index contributed by atoms with van der Waals surface area (Å²) in [5.74, 6) is 0. The van der Waals surface area contributed by atoms with Gasteiger partial charge in [0.2, 0.25) is 0 Å². The second kappa shape index (κ2) is 6.06. The normalized spacial score (nSPS) is 22.9. The van der Waals surface area contributed by atoms with Crippen LogP contribution in [-0.2, 0) is 0 Å². The summed E-state index contributed by atoms with van der Waals surface area (Å²) in [5, 5.41) is 15.3. The standard InChI is InChI=1S/C15H22N2O2/c1-10-6-7-13(8-11(10)2)17-15(19)16-12-4-3-5-14(18)9-12/h6-8,12,14,18H,3-5,9H2,1-2H3,(H2,16,17,19)/t12-,14+/m0/s1. The Morgan fingerprint density at radius 3 is 2.74 bits per heavy atom. The number of carbonyl (C=O) groups is 1. The quantitative estimate of drug-likeness (QED) is 0.767. The first-order valence-electron chi connectivity index (χ1n) is 6.87. The van der Waals surface area contributed by atoms with E-state index in [1.165, 1.54) is 5.56 Å². The van der Waals surface area contributed by atoms with E-state index in [0.717, 1.165) is 30.5 Å². The predicted molar refractivity (Wildman–Crippen MR) is 76.3 cm³/mol. The molecule has 19 heavy (non-hydrogen) atoms. The van der Waals surface area contributed by atoms with Gasteiger partial charge in [0.15, 0.2) is 0 Å². The van der Waals surface area contributed by atoms with E-state index in [4.69, 9.17) is 0 Å². The summed E-state index contributed by atoms with van der Waals surface area (Å²) >= 11 is 0. The highest BCUT2D eigenvalue weighted by Crippen LogP contribution is 2.19. The lowest BCUT2D eigenvalue weighted by Gasteiger charge is -2.26.